The summed E-state index contributed by atoms with van der Waals surface area (Å²) in [5.74, 6) is 1.16. The maximum Gasteiger partial charge on any atom is 0.586 e. The largest absolute Gasteiger partial charge is 0.586 e. The van der Waals surface area contributed by atoms with Crippen LogP contribution in [-0.4, -0.2) is 47.7 Å². The lowest BCUT2D eigenvalue weighted by molar-refractivity contribution is -0.286. The first-order valence-electron chi connectivity index (χ1n) is 10.0. The van der Waals surface area contributed by atoms with Gasteiger partial charge in [0.05, 0.1) is 27.7 Å². The van der Waals surface area contributed by atoms with Gasteiger partial charge in [-0.05, 0) is 43.7 Å². The van der Waals surface area contributed by atoms with Crippen LogP contribution in [0.2, 0.25) is 0 Å². The van der Waals surface area contributed by atoms with Crippen molar-refractivity contribution in [2.45, 2.75) is 25.7 Å². The van der Waals surface area contributed by atoms with Crippen LogP contribution in [0.15, 0.2) is 47.2 Å². The first kappa shape index (κ1) is 21.2. The normalized spacial score (nSPS) is 18.3. The van der Waals surface area contributed by atoms with E-state index < -0.39 is 28.0 Å². The molecule has 1 aromatic carbocycles. The fourth-order valence-electron chi connectivity index (χ4n) is 3.39. The van der Waals surface area contributed by atoms with Crippen LogP contribution in [0.5, 0.6) is 11.5 Å². The van der Waals surface area contributed by atoms with Crippen LogP contribution in [0.25, 0.3) is 5.82 Å². The number of carbonyl (C=O) groups is 1. The van der Waals surface area contributed by atoms with E-state index in [2.05, 4.69) is 34.2 Å². The van der Waals surface area contributed by atoms with Crippen molar-refractivity contribution in [1.82, 2.24) is 25.1 Å². The minimum Gasteiger partial charge on any atom is -0.395 e. The smallest absolute Gasteiger partial charge is 0.395 e. The standard InChI is InChI=1S/C20H18F2N6O4S/c1-12(26-19(29)13-3-5-15-16(9-13)32-20(21,22)31-15)18-24-11-25-28(18)17-6-4-14(10-23-17)27-33(30)7-2-8-33/h3-6,9-12H,2,7-8H2,1H3,(H,26,29)/t12-/m0/s1. The maximum absolute atomic E-state index is 13.2. The van der Waals surface area contributed by atoms with E-state index in [9.17, 15) is 17.8 Å². The van der Waals surface area contributed by atoms with Gasteiger partial charge in [-0.15, -0.1) is 8.78 Å². The third-order valence-electron chi connectivity index (χ3n) is 5.12. The van der Waals surface area contributed by atoms with Gasteiger partial charge in [0, 0.05) is 17.1 Å². The molecule has 1 fully saturated rings. The van der Waals surface area contributed by atoms with Crippen LogP contribution in [0, 0.1) is 0 Å². The molecular weight excluding hydrogens is 458 g/mol. The van der Waals surface area contributed by atoms with Gasteiger partial charge in [-0.2, -0.15) is 14.1 Å². The third-order valence-corrected chi connectivity index (χ3v) is 7.52. The lowest BCUT2D eigenvalue weighted by Crippen LogP contribution is -2.28. The molecule has 0 aliphatic carbocycles. The number of alkyl halides is 2. The molecule has 1 amide bonds. The van der Waals surface area contributed by atoms with Crippen molar-refractivity contribution < 1.29 is 27.3 Å². The Kier molecular flexibility index (Phi) is 5.00. The number of aromatic nitrogens is 4. The first-order chi connectivity index (χ1) is 15.7. The van der Waals surface area contributed by atoms with Gasteiger partial charge in [0.15, 0.2) is 23.1 Å². The molecular formula is C20H18F2N6O4S. The van der Waals surface area contributed by atoms with Crippen LogP contribution in [-0.2, 0) is 9.73 Å². The fourth-order valence-corrected chi connectivity index (χ4v) is 4.85. The maximum atomic E-state index is 13.2. The molecule has 3 aromatic rings. The molecule has 5 rings (SSSR count). The molecule has 1 atom stereocenters. The van der Waals surface area contributed by atoms with E-state index in [4.69, 9.17) is 0 Å². The van der Waals surface area contributed by atoms with Crippen molar-refractivity contribution in [2.24, 2.45) is 4.36 Å². The summed E-state index contributed by atoms with van der Waals surface area (Å²) < 4.78 is 53.2. The quantitative estimate of drug-likeness (QED) is 0.601. The molecule has 0 saturated carbocycles. The highest BCUT2D eigenvalue weighted by Gasteiger charge is 2.43. The number of amides is 1. The van der Waals surface area contributed by atoms with E-state index in [1.807, 2.05) is 0 Å². The second kappa shape index (κ2) is 7.76. The Morgan fingerprint density at radius 1 is 1.21 bits per heavy atom. The van der Waals surface area contributed by atoms with Gasteiger partial charge in [-0.1, -0.05) is 0 Å². The molecule has 172 valence electrons. The third kappa shape index (κ3) is 4.23. The number of hydrogen-bond donors (Lipinski definition) is 1. The van der Waals surface area contributed by atoms with Crippen molar-refractivity contribution in [3.05, 3.63) is 54.2 Å². The van der Waals surface area contributed by atoms with Gasteiger partial charge < -0.3 is 14.8 Å². The summed E-state index contributed by atoms with van der Waals surface area (Å²) in [6.07, 6.45) is -0.00783. The first-order valence-corrected chi connectivity index (χ1v) is 11.9. The summed E-state index contributed by atoms with van der Waals surface area (Å²) in [6, 6.07) is 6.55. The molecule has 33 heavy (non-hydrogen) atoms. The summed E-state index contributed by atoms with van der Waals surface area (Å²) >= 11 is 0. The number of carbonyl (C=O) groups excluding carboxylic acids is 1. The highest BCUT2D eigenvalue weighted by molar-refractivity contribution is 7.95. The number of ether oxygens (including phenoxy) is 2. The van der Waals surface area contributed by atoms with Crippen molar-refractivity contribution in [2.75, 3.05) is 11.5 Å². The predicted molar refractivity (Wildman–Crippen MR) is 112 cm³/mol. The molecule has 10 nitrogen and oxygen atoms in total. The highest BCUT2D eigenvalue weighted by Crippen LogP contribution is 2.41. The number of pyridine rings is 1. The van der Waals surface area contributed by atoms with Crippen molar-refractivity contribution in [1.29, 1.82) is 0 Å². The van der Waals surface area contributed by atoms with Crippen molar-refractivity contribution in [3.8, 4) is 17.3 Å². The number of nitrogens with zero attached hydrogens (tertiary/aromatic N) is 5. The summed E-state index contributed by atoms with van der Waals surface area (Å²) in [5, 5.41) is 6.91. The van der Waals surface area contributed by atoms with Gasteiger partial charge in [0.2, 0.25) is 0 Å². The molecule has 2 aromatic heterocycles. The zero-order valence-corrected chi connectivity index (χ0v) is 18.1. The Labute approximate surface area is 187 Å². The number of hydrogen-bond acceptors (Lipinski definition) is 8. The van der Waals surface area contributed by atoms with Gasteiger partial charge in [-0.3, -0.25) is 4.79 Å². The molecule has 2 aliphatic rings. The summed E-state index contributed by atoms with van der Waals surface area (Å²) in [4.78, 5) is 21.2. The number of nitrogens with one attached hydrogen (secondary N) is 1. The topological polar surface area (TPSA) is 121 Å². The number of rotatable bonds is 5. The van der Waals surface area contributed by atoms with E-state index in [-0.39, 0.29) is 17.1 Å². The Hall–Kier alpha value is -3.61. The van der Waals surface area contributed by atoms with Crippen LogP contribution in [0.4, 0.5) is 14.5 Å². The highest BCUT2D eigenvalue weighted by atomic mass is 32.2. The van der Waals surface area contributed by atoms with E-state index in [1.165, 1.54) is 35.4 Å². The fraction of sp³-hybridized carbons (Fsp3) is 0.300. The van der Waals surface area contributed by atoms with Gasteiger partial charge in [0.25, 0.3) is 5.91 Å². The molecule has 1 N–H and O–H groups in total. The minimum absolute atomic E-state index is 0.113. The van der Waals surface area contributed by atoms with Crippen LogP contribution < -0.4 is 14.8 Å². The van der Waals surface area contributed by atoms with Crippen LogP contribution in [0.1, 0.15) is 35.6 Å². The molecule has 0 unspecified atom stereocenters. The van der Waals surface area contributed by atoms with Gasteiger partial charge >= 0.3 is 6.29 Å². The lowest BCUT2D eigenvalue weighted by Gasteiger charge is -2.17. The molecule has 2 aliphatic heterocycles. The zero-order chi connectivity index (χ0) is 23.2. The van der Waals surface area contributed by atoms with Crippen LogP contribution >= 0.6 is 0 Å². The lowest BCUT2D eigenvalue weighted by atomic mass is 10.1. The Morgan fingerprint density at radius 2 is 2.00 bits per heavy atom. The van der Waals surface area contributed by atoms with E-state index in [0.29, 0.717) is 28.8 Å². The van der Waals surface area contributed by atoms with Gasteiger partial charge in [0.1, 0.15) is 6.33 Å². The molecule has 0 radical (unpaired) electrons. The zero-order valence-electron chi connectivity index (χ0n) is 17.3. The summed E-state index contributed by atoms with van der Waals surface area (Å²) in [5.41, 5.74) is 0.641. The Morgan fingerprint density at radius 3 is 2.70 bits per heavy atom. The Balaban J connectivity index is 1.32. The van der Waals surface area contributed by atoms with Crippen molar-refractivity contribution in [3.63, 3.8) is 0 Å². The molecule has 13 heteroatoms. The second-order valence-corrected chi connectivity index (χ2v) is 10.1. The molecule has 1 saturated heterocycles. The Bertz CT molecular complexity index is 1340. The molecule has 0 bridgehead atoms. The number of benzene rings is 1. The van der Waals surface area contributed by atoms with E-state index in [1.54, 1.807) is 19.1 Å². The summed E-state index contributed by atoms with van der Waals surface area (Å²) in [7, 11) is -2.14. The van der Waals surface area contributed by atoms with Crippen LogP contribution in [0.3, 0.4) is 0 Å². The number of halogens is 2. The predicted octanol–water partition coefficient (Wildman–Crippen LogP) is 2.98. The average molecular weight is 476 g/mol. The monoisotopic (exact) mass is 476 g/mol. The van der Waals surface area contributed by atoms with Crippen molar-refractivity contribution >= 4 is 21.3 Å². The molecule has 0 spiro atoms. The minimum atomic E-state index is -3.76. The van der Waals surface area contributed by atoms with E-state index in [0.717, 1.165) is 6.42 Å². The summed E-state index contributed by atoms with van der Waals surface area (Å²) in [6.45, 7) is 1.70. The average Bonchev–Trinajstić information content (AvgIpc) is 3.35. The SMILES string of the molecule is C[C@H](NC(=O)c1ccc2c(c1)OC(F)(F)O2)c1ncnn1-c1ccc(N=S2(=O)CCC2)cn1. The second-order valence-electron chi connectivity index (χ2n) is 7.55. The van der Waals surface area contributed by atoms with Gasteiger partial charge in [-0.25, -0.2) is 14.2 Å². The van der Waals surface area contributed by atoms with E-state index >= 15 is 0 Å². The molecule has 4 heterocycles. The number of fused-ring (bicyclic) bond motifs is 1.